The molecule has 5 nitrogen and oxygen atoms in total. The molecule has 0 spiro atoms. The molecule has 1 aliphatic heterocycles. The molecule has 1 amide bonds. The third-order valence-electron chi connectivity index (χ3n) is 4.91. The van der Waals surface area contributed by atoms with Crippen molar-refractivity contribution in [2.45, 2.75) is 13.3 Å². The summed E-state index contributed by atoms with van der Waals surface area (Å²) in [4.78, 5) is 30.7. The van der Waals surface area contributed by atoms with E-state index in [1.54, 1.807) is 31.3 Å². The predicted molar refractivity (Wildman–Crippen MR) is 114 cm³/mol. The third kappa shape index (κ3) is 3.52. The van der Waals surface area contributed by atoms with Crippen molar-refractivity contribution < 1.29 is 14.3 Å². The van der Waals surface area contributed by atoms with Crippen molar-refractivity contribution in [3.8, 4) is 0 Å². The number of aromatic nitrogens is 1. The fourth-order valence-corrected chi connectivity index (χ4v) is 3.94. The second-order valence-corrected chi connectivity index (χ2v) is 7.42. The van der Waals surface area contributed by atoms with E-state index < -0.39 is 5.97 Å². The highest BCUT2D eigenvalue weighted by molar-refractivity contribution is 6.43. The van der Waals surface area contributed by atoms with E-state index in [2.05, 4.69) is 4.98 Å². The zero-order chi connectivity index (χ0) is 20.5. The second-order valence-electron chi connectivity index (χ2n) is 6.64. The van der Waals surface area contributed by atoms with Crippen LogP contribution in [0.25, 0.3) is 16.5 Å². The number of ether oxygens (including phenoxy) is 1. The monoisotopic (exact) mass is 428 g/mol. The number of esters is 1. The highest BCUT2D eigenvalue weighted by Crippen LogP contribution is 2.33. The van der Waals surface area contributed by atoms with Crippen LogP contribution in [0.4, 0.5) is 0 Å². The van der Waals surface area contributed by atoms with Gasteiger partial charge < -0.3 is 14.6 Å². The van der Waals surface area contributed by atoms with Gasteiger partial charge in [0.15, 0.2) is 0 Å². The number of halogens is 2. The number of aromatic amines is 1. The van der Waals surface area contributed by atoms with E-state index in [0.29, 0.717) is 29.3 Å². The predicted octanol–water partition coefficient (Wildman–Crippen LogP) is 5.08. The van der Waals surface area contributed by atoms with Crippen LogP contribution < -0.4 is 0 Å². The van der Waals surface area contributed by atoms with Crippen LogP contribution >= 0.6 is 23.2 Å². The van der Waals surface area contributed by atoms with Crippen LogP contribution in [0.3, 0.4) is 0 Å². The maximum Gasteiger partial charge on any atom is 0.341 e. The fraction of sp³-hybridized carbons (Fsp3) is 0.182. The third-order valence-corrected chi connectivity index (χ3v) is 5.73. The zero-order valence-corrected chi connectivity index (χ0v) is 17.2. The van der Waals surface area contributed by atoms with E-state index in [9.17, 15) is 9.59 Å². The average Bonchev–Trinajstić information content (AvgIpc) is 2.97. The van der Waals surface area contributed by atoms with E-state index >= 15 is 0 Å². The molecule has 0 unspecified atom stereocenters. The first-order valence-electron chi connectivity index (χ1n) is 9.25. The van der Waals surface area contributed by atoms with E-state index in [1.165, 1.54) is 4.90 Å². The Bertz CT molecular complexity index is 1150. The van der Waals surface area contributed by atoms with E-state index in [-0.39, 0.29) is 23.1 Å². The van der Waals surface area contributed by atoms with Crippen LogP contribution in [0, 0.1) is 0 Å². The molecule has 2 heterocycles. The quantitative estimate of drug-likeness (QED) is 0.591. The average molecular weight is 429 g/mol. The molecule has 1 aliphatic rings. The normalized spacial score (nSPS) is 13.6. The maximum atomic E-state index is 13.2. The number of fused-ring (bicyclic) bond motifs is 3. The van der Waals surface area contributed by atoms with Crippen molar-refractivity contribution in [1.82, 2.24) is 9.88 Å². The molecule has 7 heteroatoms. The lowest BCUT2D eigenvalue weighted by atomic mass is 10.0. The van der Waals surface area contributed by atoms with Gasteiger partial charge in [-0.05, 0) is 37.1 Å². The summed E-state index contributed by atoms with van der Waals surface area (Å²) in [7, 11) is 0. The molecule has 0 fully saturated rings. The Hall–Kier alpha value is -2.76. The van der Waals surface area contributed by atoms with Crippen molar-refractivity contribution in [3.05, 3.63) is 75.5 Å². The van der Waals surface area contributed by atoms with Gasteiger partial charge in [0.05, 0.1) is 33.5 Å². The summed E-state index contributed by atoms with van der Waals surface area (Å²) in [5.74, 6) is -0.814. The SMILES string of the molecule is CCOC(=O)C1=CN(C(=O)c2cccc(Cl)c2Cl)CCc2c1[nH]c1ccccc21. The van der Waals surface area contributed by atoms with Gasteiger partial charge in [0.1, 0.15) is 0 Å². The Balaban J connectivity index is 1.82. The topological polar surface area (TPSA) is 62.4 Å². The van der Waals surface area contributed by atoms with E-state index in [1.807, 2.05) is 24.3 Å². The Morgan fingerprint density at radius 2 is 1.93 bits per heavy atom. The first-order chi connectivity index (χ1) is 14.0. The molecule has 1 aromatic heterocycles. The summed E-state index contributed by atoms with van der Waals surface area (Å²) in [5, 5.41) is 1.52. The zero-order valence-electron chi connectivity index (χ0n) is 15.7. The van der Waals surface area contributed by atoms with Crippen molar-refractivity contribution in [3.63, 3.8) is 0 Å². The lowest BCUT2D eigenvalue weighted by molar-refractivity contribution is -0.136. The van der Waals surface area contributed by atoms with Crippen LogP contribution in [0.1, 0.15) is 28.5 Å². The van der Waals surface area contributed by atoms with Gasteiger partial charge >= 0.3 is 5.97 Å². The molecule has 29 heavy (non-hydrogen) atoms. The van der Waals surface area contributed by atoms with Gasteiger partial charge in [-0.3, -0.25) is 4.79 Å². The summed E-state index contributed by atoms with van der Waals surface area (Å²) in [5.41, 5.74) is 3.19. The van der Waals surface area contributed by atoms with E-state index in [4.69, 9.17) is 27.9 Å². The molecule has 0 bridgehead atoms. The van der Waals surface area contributed by atoms with Crippen molar-refractivity contribution in [2.24, 2.45) is 0 Å². The molecule has 0 saturated heterocycles. The molecule has 1 N–H and O–H groups in total. The number of para-hydroxylation sites is 1. The van der Waals surface area contributed by atoms with Gasteiger partial charge in [0.25, 0.3) is 5.91 Å². The van der Waals surface area contributed by atoms with Crippen LogP contribution in [0.15, 0.2) is 48.7 Å². The molecular weight excluding hydrogens is 411 g/mol. The van der Waals surface area contributed by atoms with Gasteiger partial charge in [0.2, 0.25) is 0 Å². The number of hydrogen-bond acceptors (Lipinski definition) is 3. The number of carbonyl (C=O) groups is 2. The lowest BCUT2D eigenvalue weighted by Gasteiger charge is -2.19. The summed E-state index contributed by atoms with van der Waals surface area (Å²) in [6, 6.07) is 12.8. The van der Waals surface area contributed by atoms with Crippen molar-refractivity contribution in [1.29, 1.82) is 0 Å². The van der Waals surface area contributed by atoms with Gasteiger partial charge in [-0.1, -0.05) is 47.5 Å². The number of carbonyl (C=O) groups excluding carboxylic acids is 2. The number of H-pyrrole nitrogens is 1. The molecule has 2 aromatic carbocycles. The van der Waals surface area contributed by atoms with Gasteiger partial charge in [-0.15, -0.1) is 0 Å². The van der Waals surface area contributed by atoms with Crippen molar-refractivity contribution >= 4 is 51.6 Å². The van der Waals surface area contributed by atoms with Gasteiger partial charge in [-0.2, -0.15) is 0 Å². The van der Waals surface area contributed by atoms with Crippen LogP contribution in [-0.2, 0) is 16.0 Å². The Morgan fingerprint density at radius 1 is 1.14 bits per heavy atom. The summed E-state index contributed by atoms with van der Waals surface area (Å²) in [6.45, 7) is 2.37. The number of hydrogen-bond donors (Lipinski definition) is 1. The number of nitrogens with zero attached hydrogens (tertiary/aromatic N) is 1. The van der Waals surface area contributed by atoms with Crippen LogP contribution in [-0.4, -0.2) is 34.9 Å². The van der Waals surface area contributed by atoms with Crippen LogP contribution in [0.5, 0.6) is 0 Å². The Morgan fingerprint density at radius 3 is 2.72 bits per heavy atom. The van der Waals surface area contributed by atoms with Gasteiger partial charge in [-0.25, -0.2) is 4.79 Å². The molecule has 3 aromatic rings. The number of rotatable bonds is 3. The van der Waals surface area contributed by atoms with E-state index in [0.717, 1.165) is 16.5 Å². The lowest BCUT2D eigenvalue weighted by Crippen LogP contribution is -2.28. The molecule has 0 atom stereocenters. The van der Waals surface area contributed by atoms with Gasteiger partial charge in [0, 0.05) is 23.6 Å². The molecule has 148 valence electrons. The highest BCUT2D eigenvalue weighted by Gasteiger charge is 2.28. The smallest absolute Gasteiger partial charge is 0.341 e. The molecule has 0 saturated carbocycles. The summed E-state index contributed by atoms with van der Waals surface area (Å²) >= 11 is 12.3. The summed E-state index contributed by atoms with van der Waals surface area (Å²) < 4.78 is 5.25. The minimum Gasteiger partial charge on any atom is -0.462 e. The van der Waals surface area contributed by atoms with Crippen LogP contribution in [0.2, 0.25) is 10.0 Å². The molecule has 4 rings (SSSR count). The minimum absolute atomic E-state index is 0.193. The first-order valence-corrected chi connectivity index (χ1v) is 10.0. The largest absolute Gasteiger partial charge is 0.462 e. The highest BCUT2D eigenvalue weighted by atomic mass is 35.5. The fourth-order valence-electron chi connectivity index (χ4n) is 3.55. The molecule has 0 radical (unpaired) electrons. The second kappa shape index (κ2) is 7.93. The Labute approximate surface area is 177 Å². The Kier molecular flexibility index (Phi) is 5.35. The first kappa shape index (κ1) is 19.6. The summed E-state index contributed by atoms with van der Waals surface area (Å²) in [6.07, 6.45) is 2.11. The minimum atomic E-state index is -0.489. The standard InChI is InChI=1S/C22H18Cl2N2O3/c1-2-29-22(28)16-12-26(21(27)15-7-5-8-17(23)19(15)24)11-10-14-13-6-3-4-9-18(13)25-20(14)16/h3-9,12,25H,2,10-11H2,1H3. The maximum absolute atomic E-state index is 13.2. The van der Waals surface area contributed by atoms with Crippen molar-refractivity contribution in [2.75, 3.05) is 13.2 Å². The molecular formula is C22H18Cl2N2O3. The number of benzene rings is 2. The number of nitrogens with one attached hydrogen (secondary N) is 1. The molecule has 0 aliphatic carbocycles. The number of amides is 1.